The Morgan fingerprint density at radius 1 is 1.23 bits per heavy atom. The number of para-hydroxylation sites is 1. The number of aryl methyl sites for hydroxylation is 1. The van der Waals surface area contributed by atoms with Gasteiger partial charge in [-0.1, -0.05) is 29.8 Å². The number of carbonyl (C=O) groups excluding carboxylic acids is 1. The molecule has 0 aliphatic rings. The quantitative estimate of drug-likeness (QED) is 0.404. The van der Waals surface area contributed by atoms with E-state index in [2.05, 4.69) is 0 Å². The predicted molar refractivity (Wildman–Crippen MR) is 82.5 cm³/mol. The van der Waals surface area contributed by atoms with Gasteiger partial charge in [0.15, 0.2) is 5.78 Å². The highest BCUT2D eigenvalue weighted by Crippen LogP contribution is 2.30. The van der Waals surface area contributed by atoms with E-state index in [0.717, 1.165) is 0 Å². The lowest BCUT2D eigenvalue weighted by Crippen LogP contribution is -2.03. The van der Waals surface area contributed by atoms with Crippen molar-refractivity contribution in [2.45, 2.75) is 6.92 Å². The summed E-state index contributed by atoms with van der Waals surface area (Å²) in [7, 11) is 0. The van der Waals surface area contributed by atoms with Gasteiger partial charge < -0.3 is 4.42 Å². The van der Waals surface area contributed by atoms with Crippen molar-refractivity contribution in [3.05, 3.63) is 74.5 Å². The van der Waals surface area contributed by atoms with Crippen LogP contribution in [0.5, 0.6) is 0 Å². The monoisotopic (exact) mass is 315 g/mol. The van der Waals surface area contributed by atoms with Gasteiger partial charge in [0, 0.05) is 17.0 Å². The molecule has 1 heterocycles. The first-order chi connectivity index (χ1) is 10.5. The molecule has 0 saturated carbocycles. The van der Waals surface area contributed by atoms with Crippen molar-refractivity contribution in [3.8, 4) is 0 Å². The zero-order valence-corrected chi connectivity index (χ0v) is 12.3. The molecule has 22 heavy (non-hydrogen) atoms. The number of nitro benzene ring substituents is 1. The van der Waals surface area contributed by atoms with Gasteiger partial charge >= 0.3 is 0 Å². The molecule has 0 unspecified atom stereocenters. The minimum atomic E-state index is -0.612. The Bertz CT molecular complexity index is 914. The lowest BCUT2D eigenvalue weighted by atomic mass is 10.00. The molecule has 1 aromatic heterocycles. The van der Waals surface area contributed by atoms with Crippen LogP contribution in [-0.2, 0) is 0 Å². The molecule has 0 N–H and O–H groups in total. The van der Waals surface area contributed by atoms with E-state index >= 15 is 0 Å². The van der Waals surface area contributed by atoms with Crippen LogP contribution < -0.4 is 0 Å². The molecule has 110 valence electrons. The van der Waals surface area contributed by atoms with Crippen molar-refractivity contribution < 1.29 is 14.1 Å². The van der Waals surface area contributed by atoms with E-state index in [9.17, 15) is 14.9 Å². The summed E-state index contributed by atoms with van der Waals surface area (Å²) in [5.74, 6) is 0.144. The molecular formula is C16H10ClNO4. The molecule has 5 nitrogen and oxygen atoms in total. The van der Waals surface area contributed by atoms with Gasteiger partial charge in [-0.25, -0.2) is 0 Å². The van der Waals surface area contributed by atoms with Crippen LogP contribution >= 0.6 is 11.6 Å². The van der Waals surface area contributed by atoms with Crippen LogP contribution in [0.1, 0.15) is 21.7 Å². The molecule has 0 bridgehead atoms. The van der Waals surface area contributed by atoms with E-state index in [4.69, 9.17) is 16.0 Å². The maximum atomic E-state index is 12.7. The largest absolute Gasteiger partial charge is 0.461 e. The number of nitro groups is 1. The highest BCUT2D eigenvalue weighted by molar-refractivity contribution is 6.33. The van der Waals surface area contributed by atoms with Crippen molar-refractivity contribution >= 4 is 34.0 Å². The fourth-order valence-corrected chi connectivity index (χ4v) is 2.57. The molecule has 0 aliphatic heterocycles. The molecule has 0 radical (unpaired) electrons. The van der Waals surface area contributed by atoms with Crippen LogP contribution in [0, 0.1) is 17.0 Å². The van der Waals surface area contributed by atoms with E-state index in [1.54, 1.807) is 25.1 Å². The summed E-state index contributed by atoms with van der Waals surface area (Å²) in [6.45, 7) is 1.69. The molecule has 3 rings (SSSR count). The summed E-state index contributed by atoms with van der Waals surface area (Å²) in [6.07, 6.45) is 0. The van der Waals surface area contributed by atoms with Crippen molar-refractivity contribution in [2.24, 2.45) is 0 Å². The fraction of sp³-hybridized carbons (Fsp3) is 0.0625. The summed E-state index contributed by atoms with van der Waals surface area (Å²) in [5.41, 5.74) is 0.919. The van der Waals surface area contributed by atoms with Crippen LogP contribution in [0.25, 0.3) is 11.0 Å². The topological polar surface area (TPSA) is 73.3 Å². The second kappa shape index (κ2) is 5.27. The molecular weight excluding hydrogens is 306 g/mol. The third-order valence-electron chi connectivity index (χ3n) is 3.40. The first kappa shape index (κ1) is 14.3. The van der Waals surface area contributed by atoms with E-state index in [-0.39, 0.29) is 22.1 Å². The maximum absolute atomic E-state index is 12.7. The number of carbonyl (C=O) groups is 1. The zero-order chi connectivity index (χ0) is 15.9. The van der Waals surface area contributed by atoms with E-state index in [1.165, 1.54) is 18.2 Å². The van der Waals surface area contributed by atoms with Gasteiger partial charge in [-0.3, -0.25) is 14.9 Å². The van der Waals surface area contributed by atoms with Gasteiger partial charge in [0.2, 0.25) is 0 Å². The van der Waals surface area contributed by atoms with Crippen LogP contribution in [-0.4, -0.2) is 10.7 Å². The summed E-state index contributed by atoms with van der Waals surface area (Å²) in [5, 5.41) is 11.6. The van der Waals surface area contributed by atoms with Gasteiger partial charge in [-0.15, -0.1) is 0 Å². The summed E-state index contributed by atoms with van der Waals surface area (Å²) < 4.78 is 5.56. The fourth-order valence-electron chi connectivity index (χ4n) is 2.39. The number of hydrogen-bond donors (Lipinski definition) is 0. The minimum Gasteiger partial charge on any atom is -0.461 e. The van der Waals surface area contributed by atoms with Gasteiger partial charge in [0.05, 0.1) is 10.5 Å². The highest BCUT2D eigenvalue weighted by atomic mass is 35.5. The molecule has 6 heteroatoms. The molecule has 0 fully saturated rings. The van der Waals surface area contributed by atoms with Crippen molar-refractivity contribution in [1.82, 2.24) is 0 Å². The van der Waals surface area contributed by atoms with Gasteiger partial charge in [0.25, 0.3) is 5.69 Å². The van der Waals surface area contributed by atoms with Crippen LogP contribution in [0.4, 0.5) is 5.69 Å². The number of rotatable bonds is 3. The number of fused-ring (bicyclic) bond motifs is 1. The predicted octanol–water partition coefficient (Wildman–Crippen LogP) is 4.53. The zero-order valence-electron chi connectivity index (χ0n) is 11.5. The second-order valence-electron chi connectivity index (χ2n) is 4.78. The third kappa shape index (κ3) is 2.25. The third-order valence-corrected chi connectivity index (χ3v) is 3.72. The summed E-state index contributed by atoms with van der Waals surface area (Å²) in [6, 6.07) is 11.2. The molecule has 3 aromatic rings. The number of halogens is 1. The average Bonchev–Trinajstić information content (AvgIpc) is 2.82. The first-order valence-corrected chi connectivity index (χ1v) is 6.83. The Labute approximate surface area is 130 Å². The molecule has 2 aromatic carbocycles. The number of nitrogens with zero attached hydrogens (tertiary/aromatic N) is 1. The highest BCUT2D eigenvalue weighted by Gasteiger charge is 2.22. The lowest BCUT2D eigenvalue weighted by Gasteiger charge is -2.02. The van der Waals surface area contributed by atoms with Crippen LogP contribution in [0.3, 0.4) is 0 Å². The van der Waals surface area contributed by atoms with E-state index in [0.29, 0.717) is 22.3 Å². The normalized spacial score (nSPS) is 10.8. The molecule has 0 amide bonds. The Kier molecular flexibility index (Phi) is 3.42. The van der Waals surface area contributed by atoms with Crippen molar-refractivity contribution in [2.75, 3.05) is 0 Å². The molecule has 0 aliphatic carbocycles. The Balaban J connectivity index is 2.16. The van der Waals surface area contributed by atoms with E-state index in [1.807, 2.05) is 6.07 Å². The summed E-state index contributed by atoms with van der Waals surface area (Å²) in [4.78, 5) is 23.0. The maximum Gasteiger partial charge on any atom is 0.288 e. The molecule has 0 saturated heterocycles. The standard InChI is InChI=1S/C16H10ClNO4/c1-9-15(11-4-2-3-5-14(11)22-9)16(19)10-6-7-12(17)13(8-10)18(20)21/h2-8H,1H3. The Hall–Kier alpha value is -2.66. The SMILES string of the molecule is Cc1oc2ccccc2c1C(=O)c1ccc(Cl)c([N+](=O)[O-])c1. The first-order valence-electron chi connectivity index (χ1n) is 6.46. The van der Waals surface area contributed by atoms with E-state index < -0.39 is 4.92 Å². The number of furan rings is 1. The molecule has 0 spiro atoms. The van der Waals surface area contributed by atoms with Gasteiger partial charge in [-0.2, -0.15) is 0 Å². The van der Waals surface area contributed by atoms with Gasteiger partial charge in [-0.05, 0) is 25.1 Å². The number of benzene rings is 2. The van der Waals surface area contributed by atoms with Gasteiger partial charge in [0.1, 0.15) is 16.4 Å². The Morgan fingerprint density at radius 2 is 1.95 bits per heavy atom. The molecule has 0 atom stereocenters. The van der Waals surface area contributed by atoms with Crippen molar-refractivity contribution in [1.29, 1.82) is 0 Å². The van der Waals surface area contributed by atoms with Crippen LogP contribution in [0.15, 0.2) is 46.9 Å². The second-order valence-corrected chi connectivity index (χ2v) is 5.19. The summed E-state index contributed by atoms with van der Waals surface area (Å²) >= 11 is 5.78. The van der Waals surface area contributed by atoms with Crippen LogP contribution in [0.2, 0.25) is 5.02 Å². The number of ketones is 1. The lowest BCUT2D eigenvalue weighted by molar-refractivity contribution is -0.384. The Morgan fingerprint density at radius 3 is 2.68 bits per heavy atom. The smallest absolute Gasteiger partial charge is 0.288 e. The minimum absolute atomic E-state index is 0.00433. The number of hydrogen-bond acceptors (Lipinski definition) is 4. The van der Waals surface area contributed by atoms with Crippen molar-refractivity contribution in [3.63, 3.8) is 0 Å². The average molecular weight is 316 g/mol.